The predicted octanol–water partition coefficient (Wildman–Crippen LogP) is 3.19. The Morgan fingerprint density at radius 1 is 1.22 bits per heavy atom. The Kier molecular flexibility index (Phi) is 6.47. The molecule has 1 aromatic carbocycles. The third-order valence-corrected chi connectivity index (χ3v) is 3.96. The summed E-state index contributed by atoms with van der Waals surface area (Å²) in [7, 11) is 0. The highest BCUT2D eigenvalue weighted by atomic mass is 32.1. The molecule has 2 rings (SSSR count). The van der Waals surface area contributed by atoms with Gasteiger partial charge in [0.2, 0.25) is 0 Å². The molecule has 0 aliphatic heterocycles. The number of pyridine rings is 1. The largest absolute Gasteiger partial charge is 0.493 e. The third kappa shape index (κ3) is 5.60. The average Bonchev–Trinajstić information content (AvgIpc) is 2.57. The molecule has 122 valence electrons. The van der Waals surface area contributed by atoms with E-state index in [0.717, 1.165) is 29.8 Å². The van der Waals surface area contributed by atoms with Crippen molar-refractivity contribution in [1.29, 1.82) is 0 Å². The molecule has 1 aromatic heterocycles. The van der Waals surface area contributed by atoms with E-state index in [9.17, 15) is 4.79 Å². The van der Waals surface area contributed by atoms with Crippen LogP contribution >= 0.6 is 12.6 Å². The molecule has 1 atom stereocenters. The molecule has 0 aliphatic rings. The molecule has 4 nitrogen and oxygen atoms in total. The summed E-state index contributed by atoms with van der Waals surface area (Å²) < 4.78 is 5.70. The Morgan fingerprint density at radius 3 is 2.48 bits per heavy atom. The Bertz CT molecular complexity index is 626. The topological polar surface area (TPSA) is 59.4 Å². The number of aliphatic carboxylic acids is 1. The third-order valence-electron chi connectivity index (χ3n) is 3.56. The van der Waals surface area contributed by atoms with Crippen molar-refractivity contribution in [3.63, 3.8) is 0 Å². The first-order chi connectivity index (χ1) is 11.1. The fourth-order valence-corrected chi connectivity index (χ4v) is 2.33. The van der Waals surface area contributed by atoms with Crippen LogP contribution in [0.4, 0.5) is 0 Å². The van der Waals surface area contributed by atoms with Gasteiger partial charge in [-0.1, -0.05) is 25.1 Å². The minimum absolute atomic E-state index is 0.395. The summed E-state index contributed by atoms with van der Waals surface area (Å²) in [6.45, 7) is 2.66. The summed E-state index contributed by atoms with van der Waals surface area (Å²) in [5, 5.41) is 8.17. The number of aryl methyl sites for hydroxylation is 1. The summed E-state index contributed by atoms with van der Waals surface area (Å²) in [6, 6.07) is 11.6. The summed E-state index contributed by atoms with van der Waals surface area (Å²) >= 11 is 4.04. The van der Waals surface area contributed by atoms with Crippen molar-refractivity contribution in [2.24, 2.45) is 0 Å². The van der Waals surface area contributed by atoms with Crippen molar-refractivity contribution in [3.8, 4) is 5.75 Å². The lowest BCUT2D eigenvalue weighted by Crippen LogP contribution is -2.16. The molecule has 0 bridgehead atoms. The van der Waals surface area contributed by atoms with Gasteiger partial charge in [-0.05, 0) is 42.2 Å². The van der Waals surface area contributed by atoms with Gasteiger partial charge in [-0.15, -0.1) is 0 Å². The number of aromatic nitrogens is 1. The highest BCUT2D eigenvalue weighted by Gasteiger charge is 2.12. The molecule has 1 heterocycles. The van der Waals surface area contributed by atoms with Crippen LogP contribution in [-0.2, 0) is 24.1 Å². The van der Waals surface area contributed by atoms with Gasteiger partial charge < -0.3 is 9.84 Å². The van der Waals surface area contributed by atoms with Gasteiger partial charge in [0.15, 0.2) is 0 Å². The molecule has 1 unspecified atom stereocenters. The first-order valence-corrected chi connectivity index (χ1v) is 8.16. The van der Waals surface area contributed by atoms with E-state index < -0.39 is 11.2 Å². The minimum atomic E-state index is -0.907. The van der Waals surface area contributed by atoms with Crippen LogP contribution in [0.3, 0.4) is 0 Å². The van der Waals surface area contributed by atoms with Crippen LogP contribution in [0.25, 0.3) is 0 Å². The van der Waals surface area contributed by atoms with Crippen molar-refractivity contribution < 1.29 is 14.6 Å². The first-order valence-electron chi connectivity index (χ1n) is 7.65. The Hall–Kier alpha value is -2.01. The minimum Gasteiger partial charge on any atom is -0.493 e. The lowest BCUT2D eigenvalue weighted by atomic mass is 10.1. The van der Waals surface area contributed by atoms with E-state index in [1.165, 1.54) is 5.56 Å². The number of carboxylic acid groups (broad SMARTS) is 1. The van der Waals surface area contributed by atoms with Crippen molar-refractivity contribution in [2.75, 3.05) is 6.61 Å². The fraction of sp³-hybridized carbons (Fsp3) is 0.333. The number of ether oxygens (including phenoxy) is 1. The zero-order valence-corrected chi connectivity index (χ0v) is 14.0. The van der Waals surface area contributed by atoms with Gasteiger partial charge >= 0.3 is 5.97 Å². The van der Waals surface area contributed by atoms with Crippen molar-refractivity contribution in [2.45, 2.75) is 31.4 Å². The second-order valence-electron chi connectivity index (χ2n) is 5.31. The van der Waals surface area contributed by atoms with Crippen LogP contribution in [0, 0.1) is 0 Å². The smallest absolute Gasteiger partial charge is 0.316 e. The maximum Gasteiger partial charge on any atom is 0.316 e. The predicted molar refractivity (Wildman–Crippen MR) is 93.4 cm³/mol. The number of rotatable bonds is 8. The molecule has 0 aliphatic carbocycles. The maximum atomic E-state index is 10.8. The Labute approximate surface area is 141 Å². The molecule has 0 saturated heterocycles. The van der Waals surface area contributed by atoms with E-state index >= 15 is 0 Å². The summed E-state index contributed by atoms with van der Waals surface area (Å²) in [6.07, 6.45) is 4.04. The van der Waals surface area contributed by atoms with Gasteiger partial charge in [0.25, 0.3) is 0 Å². The van der Waals surface area contributed by atoms with Crippen LogP contribution in [-0.4, -0.2) is 27.9 Å². The van der Waals surface area contributed by atoms with Gasteiger partial charge in [0.1, 0.15) is 11.0 Å². The van der Waals surface area contributed by atoms with E-state index in [4.69, 9.17) is 9.84 Å². The molecule has 5 heteroatoms. The van der Waals surface area contributed by atoms with Crippen molar-refractivity contribution in [1.82, 2.24) is 4.98 Å². The number of benzene rings is 1. The van der Waals surface area contributed by atoms with E-state index in [2.05, 4.69) is 30.6 Å². The molecular formula is C18H21NO3S. The molecule has 2 aromatic rings. The first kappa shape index (κ1) is 17.3. The lowest BCUT2D eigenvalue weighted by Gasteiger charge is -2.09. The highest BCUT2D eigenvalue weighted by molar-refractivity contribution is 7.81. The number of nitrogens with zero attached hydrogens (tertiary/aromatic N) is 1. The summed E-state index contributed by atoms with van der Waals surface area (Å²) in [5.41, 5.74) is 3.17. The normalized spacial score (nSPS) is 11.9. The Balaban J connectivity index is 1.80. The Morgan fingerprint density at radius 2 is 1.91 bits per heavy atom. The lowest BCUT2D eigenvalue weighted by molar-refractivity contribution is -0.136. The van der Waals surface area contributed by atoms with Crippen LogP contribution in [0.1, 0.15) is 23.7 Å². The quantitative estimate of drug-likeness (QED) is 0.729. The molecule has 0 radical (unpaired) electrons. The maximum absolute atomic E-state index is 10.8. The monoisotopic (exact) mass is 331 g/mol. The van der Waals surface area contributed by atoms with E-state index in [0.29, 0.717) is 13.0 Å². The zero-order chi connectivity index (χ0) is 16.7. The van der Waals surface area contributed by atoms with Crippen LogP contribution in [0.5, 0.6) is 5.75 Å². The molecule has 0 amide bonds. The van der Waals surface area contributed by atoms with Gasteiger partial charge in [-0.3, -0.25) is 9.78 Å². The molecule has 23 heavy (non-hydrogen) atoms. The number of hydrogen-bond acceptors (Lipinski definition) is 4. The van der Waals surface area contributed by atoms with Crippen LogP contribution in [0.15, 0.2) is 42.6 Å². The number of carboxylic acids is 1. The van der Waals surface area contributed by atoms with E-state index in [-0.39, 0.29) is 0 Å². The molecular weight excluding hydrogens is 310 g/mol. The van der Waals surface area contributed by atoms with Crippen LogP contribution in [0.2, 0.25) is 0 Å². The summed E-state index contributed by atoms with van der Waals surface area (Å²) in [5.74, 6) is -0.139. The second-order valence-corrected chi connectivity index (χ2v) is 5.94. The van der Waals surface area contributed by atoms with E-state index in [1.807, 2.05) is 36.5 Å². The van der Waals surface area contributed by atoms with Crippen LogP contribution < -0.4 is 4.74 Å². The fourth-order valence-electron chi connectivity index (χ4n) is 2.12. The molecule has 0 saturated carbocycles. The van der Waals surface area contributed by atoms with E-state index in [1.54, 1.807) is 0 Å². The van der Waals surface area contributed by atoms with Crippen molar-refractivity contribution >= 4 is 18.6 Å². The van der Waals surface area contributed by atoms with Gasteiger partial charge in [-0.2, -0.15) is 12.6 Å². The number of carbonyl (C=O) groups is 1. The molecule has 0 fully saturated rings. The summed E-state index contributed by atoms with van der Waals surface area (Å²) in [4.78, 5) is 15.2. The number of hydrogen-bond donors (Lipinski definition) is 2. The average molecular weight is 331 g/mol. The highest BCUT2D eigenvalue weighted by Crippen LogP contribution is 2.15. The van der Waals surface area contributed by atoms with Gasteiger partial charge in [0, 0.05) is 18.3 Å². The van der Waals surface area contributed by atoms with Gasteiger partial charge in [-0.25, -0.2) is 0 Å². The number of thiol groups is 1. The molecule has 0 spiro atoms. The standard InChI is InChI=1S/C18H21NO3S/c1-2-13-3-6-15(19-12-13)9-10-22-16-7-4-14(5-8-16)11-17(23)18(20)21/h3-8,12,17,23H,2,9-11H2,1H3,(H,20,21). The van der Waals surface area contributed by atoms with Gasteiger partial charge in [0.05, 0.1) is 6.61 Å². The SMILES string of the molecule is CCc1ccc(CCOc2ccc(CC(S)C(=O)O)cc2)nc1. The second kappa shape index (κ2) is 8.58. The zero-order valence-electron chi connectivity index (χ0n) is 13.1. The molecule has 1 N–H and O–H groups in total. The van der Waals surface area contributed by atoms with Crippen molar-refractivity contribution in [3.05, 3.63) is 59.4 Å².